The summed E-state index contributed by atoms with van der Waals surface area (Å²) in [6.07, 6.45) is 11.2. The lowest BCUT2D eigenvalue weighted by Crippen LogP contribution is -2.51. The minimum absolute atomic E-state index is 0.0488. The maximum absolute atomic E-state index is 13.8. The number of nitrogens with zero attached hydrogens (tertiary/aromatic N) is 10. The molecule has 6 atom stereocenters. The number of carbonyl (C=O) groups excluding carboxylic acids is 5. The van der Waals surface area contributed by atoms with Gasteiger partial charge in [-0.3, -0.25) is 29.0 Å². The fourth-order valence-electron chi connectivity index (χ4n) is 12.8. The summed E-state index contributed by atoms with van der Waals surface area (Å²) in [7, 11) is 1.36. The van der Waals surface area contributed by atoms with Gasteiger partial charge >= 0.3 is 11.9 Å². The number of methoxy groups -OCH3 is 1. The molecule has 0 radical (unpaired) electrons. The predicted molar refractivity (Wildman–Crippen MR) is 363 cm³/mol. The van der Waals surface area contributed by atoms with E-state index in [0.717, 1.165) is 74.4 Å². The molecule has 0 spiro atoms. The highest BCUT2D eigenvalue weighted by Gasteiger charge is 2.37. The second-order valence-electron chi connectivity index (χ2n) is 25.1. The number of likely N-dealkylation sites (tertiary alicyclic amines) is 2. The summed E-state index contributed by atoms with van der Waals surface area (Å²) in [5.41, 5.74) is 6.90. The molecule has 4 amide bonds. The first-order valence-electron chi connectivity index (χ1n) is 32.9. The highest BCUT2D eigenvalue weighted by atomic mass is 16.5. The number of hydrogen-bond acceptors (Lipinski definition) is 13. The summed E-state index contributed by atoms with van der Waals surface area (Å²) in [5.74, 6) is -1.70. The molecule has 8 aromatic rings. The van der Waals surface area contributed by atoms with Crippen LogP contribution in [0.1, 0.15) is 111 Å². The fourth-order valence-corrected chi connectivity index (χ4v) is 12.8. The number of carboxylic acids is 1. The first-order chi connectivity index (χ1) is 46.0. The van der Waals surface area contributed by atoms with Crippen molar-refractivity contribution in [1.82, 2.24) is 49.3 Å². The van der Waals surface area contributed by atoms with Gasteiger partial charge in [0.25, 0.3) is 0 Å². The van der Waals surface area contributed by atoms with Crippen LogP contribution < -0.4 is 10.6 Å². The summed E-state index contributed by atoms with van der Waals surface area (Å²) in [6.45, 7) is 12.4. The Balaban J connectivity index is 0.000000223. The molecule has 2 fully saturated rings. The van der Waals surface area contributed by atoms with Gasteiger partial charge in [-0.05, 0) is 106 Å². The molecule has 3 N–H and O–H groups in total. The minimum Gasteiger partial charge on any atom is -0.480 e. The number of imidazole rings is 2. The molecule has 10 rings (SSSR count). The van der Waals surface area contributed by atoms with Crippen LogP contribution in [-0.2, 0) is 72.5 Å². The van der Waals surface area contributed by atoms with Crippen molar-refractivity contribution in [1.29, 1.82) is 10.5 Å². The van der Waals surface area contributed by atoms with Gasteiger partial charge in [-0.15, -0.1) is 0 Å². The zero-order valence-corrected chi connectivity index (χ0v) is 55.0. The van der Waals surface area contributed by atoms with Crippen LogP contribution in [0, 0.1) is 34.5 Å². The topological polar surface area (TPSA) is 252 Å². The summed E-state index contributed by atoms with van der Waals surface area (Å²) < 4.78 is 8.87. The molecule has 6 aromatic carbocycles. The van der Waals surface area contributed by atoms with Crippen molar-refractivity contribution in [2.24, 2.45) is 11.8 Å². The average molecular weight is 1280 g/mol. The monoisotopic (exact) mass is 1280 g/mol. The molecule has 2 aromatic heterocycles. The van der Waals surface area contributed by atoms with E-state index >= 15 is 0 Å². The zero-order chi connectivity index (χ0) is 67.4. The second-order valence-corrected chi connectivity index (χ2v) is 25.1. The lowest BCUT2D eigenvalue weighted by Gasteiger charge is -2.33. The number of aromatic nitrogens is 4. The Morgan fingerprint density at radius 2 is 1.00 bits per heavy atom. The number of nitriles is 2. The van der Waals surface area contributed by atoms with Crippen LogP contribution in [0.3, 0.4) is 0 Å². The first-order valence-corrected chi connectivity index (χ1v) is 32.9. The van der Waals surface area contributed by atoms with E-state index in [-0.39, 0.29) is 79.4 Å². The Hall–Kier alpha value is -10.0. The molecule has 2 saturated heterocycles. The predicted octanol–water partition coefficient (Wildman–Crippen LogP) is 9.30. The smallest absolute Gasteiger partial charge is 0.328 e. The van der Waals surface area contributed by atoms with Crippen LogP contribution in [0.4, 0.5) is 0 Å². The van der Waals surface area contributed by atoms with Crippen LogP contribution in [0.15, 0.2) is 159 Å². The number of nitrogens with one attached hydrogen (secondary N) is 2. The molecule has 4 heterocycles. The number of esters is 1. The van der Waals surface area contributed by atoms with Crippen LogP contribution in [-0.4, -0.2) is 150 Å². The molecule has 2 aliphatic heterocycles. The molecule has 0 unspecified atom stereocenters. The van der Waals surface area contributed by atoms with Crippen LogP contribution in [0.25, 0.3) is 21.5 Å². The standard InChI is InChI=1S/C38H44N6O4.C37H42N6O4/c1-4-27(2)34(41-36(45)19-32-21-40-26-43(32)22-29-16-14-28(20-39)15-17-29)24-42(23-31-11-7-10-30-9-5-6-12-33(30)31)25-37(46)44-18-8-13-35(44)38(47)48-3;1-3-26(2)33(40-35(44)18-31-20-39-25-42(31)21-28-15-13-27(19-38)14-16-28)23-41(24-36(45)43-17-7-12-34(43)37(46)47)22-30-10-6-9-29-8-4-5-11-32(29)30/h5-7,9-12,14-17,21,26-27,34-35H,4,8,13,18-19,22-25H2,1-3H3,(H,41,45);4-6,8-11,13-16,20,25-26,33-34H,3,7,12,17-18,21-24H2,1-2H3,(H,40,44)(H,46,47)/t27-,34+,35-;26-,33+,34-/m00/s1. The minimum atomic E-state index is -0.973. The summed E-state index contributed by atoms with van der Waals surface area (Å²) in [6, 6.07) is 45.8. The second kappa shape index (κ2) is 33.7. The molecule has 20 nitrogen and oxygen atoms in total. The summed E-state index contributed by atoms with van der Waals surface area (Å²) in [5, 5.41) is 38.9. The summed E-state index contributed by atoms with van der Waals surface area (Å²) in [4.78, 5) is 94.7. The molecule has 2 aliphatic rings. The normalized spacial score (nSPS) is 15.7. The SMILES string of the molecule is CC[C@H](C)[C@@H](CN(CC(=O)N1CCC[C@H]1C(=O)O)Cc1cccc2ccccc12)NC(=O)Cc1cncn1Cc1ccc(C#N)cc1.CC[C@H](C)[C@@H](CN(CC(=O)N1CCC[C@H]1C(=O)OC)Cc1cccc2ccccc12)NC(=O)Cc1cncn1Cc1ccc(C#N)cc1. The molecular formula is C75H86N12O8. The van der Waals surface area contributed by atoms with E-state index in [2.05, 4.69) is 114 Å². The fraction of sp³-hybridized carbons (Fsp3) is 0.387. The largest absolute Gasteiger partial charge is 0.480 e. The van der Waals surface area contributed by atoms with E-state index < -0.39 is 18.1 Å². The Kier molecular flexibility index (Phi) is 24.6. The Bertz CT molecular complexity index is 4010. The molecular weight excluding hydrogens is 1200 g/mol. The highest BCUT2D eigenvalue weighted by Crippen LogP contribution is 2.26. The van der Waals surface area contributed by atoms with Crippen molar-refractivity contribution >= 4 is 57.1 Å². The van der Waals surface area contributed by atoms with Crippen LogP contribution in [0.5, 0.6) is 0 Å². The number of hydrogen-bond donors (Lipinski definition) is 3. The number of fused-ring (bicyclic) bond motifs is 2. The lowest BCUT2D eigenvalue weighted by molar-refractivity contribution is -0.151. The number of benzene rings is 6. The summed E-state index contributed by atoms with van der Waals surface area (Å²) >= 11 is 0. The van der Waals surface area contributed by atoms with Gasteiger partial charge in [0.1, 0.15) is 12.1 Å². The average Bonchev–Trinajstić information content (AvgIpc) is 1.78. The van der Waals surface area contributed by atoms with Gasteiger partial charge in [0.15, 0.2) is 0 Å². The molecule has 494 valence electrons. The third-order valence-electron chi connectivity index (χ3n) is 18.6. The maximum Gasteiger partial charge on any atom is 0.328 e. The number of aliphatic carboxylic acids is 1. The van der Waals surface area contributed by atoms with E-state index in [9.17, 15) is 33.9 Å². The van der Waals surface area contributed by atoms with E-state index in [1.165, 1.54) is 12.0 Å². The Morgan fingerprint density at radius 1 is 0.589 bits per heavy atom. The molecule has 0 aliphatic carbocycles. The van der Waals surface area contributed by atoms with Gasteiger partial charge in [-0.25, -0.2) is 19.6 Å². The van der Waals surface area contributed by atoms with Gasteiger partial charge in [0.05, 0.1) is 69.0 Å². The molecule has 0 bridgehead atoms. The van der Waals surface area contributed by atoms with Crippen molar-refractivity contribution in [3.05, 3.63) is 203 Å². The van der Waals surface area contributed by atoms with Crippen LogP contribution in [0.2, 0.25) is 0 Å². The lowest BCUT2D eigenvalue weighted by atomic mass is 9.97. The molecule has 95 heavy (non-hydrogen) atoms. The molecule has 20 heteroatoms. The number of carboxylic acid groups (broad SMARTS) is 1. The number of ether oxygens (including phenoxy) is 1. The number of carbonyl (C=O) groups is 6. The maximum atomic E-state index is 13.8. The third kappa shape index (κ3) is 18.6. The van der Waals surface area contributed by atoms with Crippen molar-refractivity contribution < 1.29 is 38.6 Å². The van der Waals surface area contributed by atoms with Crippen molar-refractivity contribution in [2.45, 2.75) is 129 Å². The number of rotatable bonds is 28. The quantitative estimate of drug-likeness (QED) is 0.0387. The van der Waals surface area contributed by atoms with Crippen molar-refractivity contribution in [3.8, 4) is 12.1 Å². The third-order valence-corrected chi connectivity index (χ3v) is 18.6. The van der Waals surface area contributed by atoms with Crippen molar-refractivity contribution in [3.63, 3.8) is 0 Å². The van der Waals surface area contributed by atoms with Gasteiger partial charge in [0, 0.05) is 88.2 Å². The van der Waals surface area contributed by atoms with Gasteiger partial charge in [0.2, 0.25) is 23.6 Å². The Labute approximate surface area is 556 Å². The molecule has 0 saturated carbocycles. The first kappa shape index (κ1) is 69.3. The van der Waals surface area contributed by atoms with E-state index in [1.54, 1.807) is 54.2 Å². The van der Waals surface area contributed by atoms with E-state index in [0.29, 0.717) is 82.7 Å². The van der Waals surface area contributed by atoms with Gasteiger partial charge in [-0.2, -0.15) is 10.5 Å². The van der Waals surface area contributed by atoms with Gasteiger partial charge < -0.3 is 39.4 Å². The Morgan fingerprint density at radius 3 is 1.41 bits per heavy atom. The van der Waals surface area contributed by atoms with Crippen molar-refractivity contribution in [2.75, 3.05) is 46.4 Å². The van der Waals surface area contributed by atoms with Crippen LogP contribution >= 0.6 is 0 Å². The van der Waals surface area contributed by atoms with E-state index in [1.807, 2.05) is 74.7 Å². The zero-order valence-electron chi connectivity index (χ0n) is 55.0. The van der Waals surface area contributed by atoms with E-state index in [4.69, 9.17) is 15.3 Å². The number of amides is 4. The highest BCUT2D eigenvalue weighted by molar-refractivity contribution is 5.89. The van der Waals surface area contributed by atoms with Gasteiger partial charge in [-0.1, -0.05) is 150 Å².